The third-order valence-corrected chi connectivity index (χ3v) is 2.83. The van der Waals surface area contributed by atoms with Gasteiger partial charge in [-0.2, -0.15) is 0 Å². The lowest BCUT2D eigenvalue weighted by molar-refractivity contribution is -0.525. The summed E-state index contributed by atoms with van der Waals surface area (Å²) in [5.41, 5.74) is 7.83. The number of benzene rings is 1. The molecule has 0 fully saturated rings. The molecule has 1 amide bonds. The van der Waals surface area contributed by atoms with Gasteiger partial charge in [0.05, 0.1) is 11.7 Å². The number of nitrogens with zero attached hydrogens (tertiary/aromatic N) is 2. The van der Waals surface area contributed by atoms with Crippen molar-refractivity contribution in [2.24, 2.45) is 10.7 Å². The van der Waals surface area contributed by atoms with Crippen LogP contribution in [0.2, 0.25) is 0 Å². The number of alkyl carbamates (subject to hydrolysis) is 1. The molecule has 9 nitrogen and oxygen atoms in total. The van der Waals surface area contributed by atoms with Crippen molar-refractivity contribution < 1.29 is 14.6 Å². The van der Waals surface area contributed by atoms with E-state index in [1.165, 1.54) is 0 Å². The smallest absolute Gasteiger partial charge is 0.408 e. The van der Waals surface area contributed by atoms with Gasteiger partial charge in [-0.05, 0) is 44.9 Å². The van der Waals surface area contributed by atoms with E-state index >= 15 is 0 Å². The Labute approximate surface area is 140 Å². The van der Waals surface area contributed by atoms with Crippen LogP contribution in [0, 0.1) is 10.1 Å². The Morgan fingerprint density at radius 3 is 2.67 bits per heavy atom. The number of hydrogen-bond acceptors (Lipinski definition) is 5. The van der Waals surface area contributed by atoms with E-state index < -0.39 is 16.7 Å². The molecule has 132 valence electrons. The van der Waals surface area contributed by atoms with Crippen molar-refractivity contribution in [2.75, 3.05) is 0 Å². The molecule has 0 aliphatic heterocycles. The van der Waals surface area contributed by atoms with Crippen LogP contribution in [0.25, 0.3) is 0 Å². The van der Waals surface area contributed by atoms with Crippen LogP contribution in [0.1, 0.15) is 45.7 Å². The maximum atomic E-state index is 11.9. The van der Waals surface area contributed by atoms with Gasteiger partial charge < -0.3 is 15.8 Å². The summed E-state index contributed by atoms with van der Waals surface area (Å²) in [4.78, 5) is 26.2. The molecule has 0 saturated carbocycles. The quantitative estimate of drug-likeness (QED) is 0.327. The average molecular weight is 337 g/mol. The summed E-state index contributed by atoms with van der Waals surface area (Å²) in [7, 11) is 0. The predicted molar refractivity (Wildman–Crippen MR) is 90.3 cm³/mol. The molecule has 0 radical (unpaired) electrons. The number of ether oxygens (including phenoxy) is 1. The molecule has 0 aliphatic rings. The first-order valence-electron chi connectivity index (χ1n) is 7.45. The number of carbonyl (C=O) groups excluding carboxylic acids is 1. The van der Waals surface area contributed by atoms with Gasteiger partial charge in [0.25, 0.3) is 5.96 Å². The van der Waals surface area contributed by atoms with Crippen LogP contribution in [0.15, 0.2) is 29.3 Å². The zero-order valence-electron chi connectivity index (χ0n) is 14.2. The molecular weight excluding hydrogens is 314 g/mol. The predicted octanol–water partition coefficient (Wildman–Crippen LogP) is 2.39. The van der Waals surface area contributed by atoms with Crippen molar-refractivity contribution in [2.45, 2.75) is 45.8 Å². The van der Waals surface area contributed by atoms with E-state index in [1.54, 1.807) is 44.4 Å². The highest BCUT2D eigenvalue weighted by atomic mass is 16.7. The van der Waals surface area contributed by atoms with E-state index in [4.69, 9.17) is 10.5 Å². The Kier molecular flexibility index (Phi) is 6.51. The normalized spacial score (nSPS) is 13.1. The second-order valence-corrected chi connectivity index (χ2v) is 6.07. The van der Waals surface area contributed by atoms with Gasteiger partial charge in [-0.3, -0.25) is 0 Å². The SMILES string of the molecule is CCC(NC(=O)OC(C)(C)C)c1cccc(N=C(N)N[N+](=O)[O-])c1. The summed E-state index contributed by atoms with van der Waals surface area (Å²) in [6, 6.07) is 6.62. The van der Waals surface area contributed by atoms with Crippen LogP contribution in [0.5, 0.6) is 0 Å². The Morgan fingerprint density at radius 1 is 1.46 bits per heavy atom. The minimum Gasteiger partial charge on any atom is -0.444 e. The number of nitrogens with two attached hydrogens (primary N) is 1. The van der Waals surface area contributed by atoms with Gasteiger partial charge in [0.15, 0.2) is 5.03 Å². The van der Waals surface area contributed by atoms with Crippen LogP contribution >= 0.6 is 0 Å². The fourth-order valence-electron chi connectivity index (χ4n) is 1.94. The van der Waals surface area contributed by atoms with Crippen molar-refractivity contribution >= 4 is 17.7 Å². The lowest BCUT2D eigenvalue weighted by Crippen LogP contribution is -2.35. The number of hydrogen-bond donors (Lipinski definition) is 3. The molecule has 0 spiro atoms. The van der Waals surface area contributed by atoms with E-state index in [0.29, 0.717) is 12.1 Å². The first kappa shape index (κ1) is 19.2. The molecule has 1 atom stereocenters. The Hall–Kier alpha value is -2.84. The van der Waals surface area contributed by atoms with Crippen LogP contribution in [-0.2, 0) is 4.74 Å². The second-order valence-electron chi connectivity index (χ2n) is 6.07. The van der Waals surface area contributed by atoms with Crippen molar-refractivity contribution in [3.63, 3.8) is 0 Å². The number of guanidine groups is 1. The number of hydrazine groups is 1. The van der Waals surface area contributed by atoms with Crippen molar-refractivity contribution in [1.82, 2.24) is 10.7 Å². The summed E-state index contributed by atoms with van der Waals surface area (Å²) in [5, 5.41) is 12.3. The van der Waals surface area contributed by atoms with Crippen molar-refractivity contribution in [3.05, 3.63) is 39.9 Å². The first-order chi connectivity index (χ1) is 11.1. The summed E-state index contributed by atoms with van der Waals surface area (Å²) in [5.74, 6) is -0.328. The molecule has 0 heterocycles. The van der Waals surface area contributed by atoms with Gasteiger partial charge in [0.2, 0.25) is 0 Å². The van der Waals surface area contributed by atoms with E-state index in [1.807, 2.05) is 13.0 Å². The van der Waals surface area contributed by atoms with E-state index in [-0.39, 0.29) is 12.0 Å². The molecule has 9 heteroatoms. The lowest BCUT2D eigenvalue weighted by Gasteiger charge is -2.23. The van der Waals surface area contributed by atoms with Crippen LogP contribution in [-0.4, -0.2) is 22.7 Å². The molecule has 0 bridgehead atoms. The van der Waals surface area contributed by atoms with Gasteiger partial charge >= 0.3 is 6.09 Å². The maximum Gasteiger partial charge on any atom is 0.408 e. The fourth-order valence-corrected chi connectivity index (χ4v) is 1.94. The monoisotopic (exact) mass is 337 g/mol. The number of nitro groups is 1. The van der Waals surface area contributed by atoms with Crippen LogP contribution in [0.3, 0.4) is 0 Å². The molecule has 1 unspecified atom stereocenters. The molecule has 0 aliphatic carbocycles. The second kappa shape index (κ2) is 8.14. The zero-order valence-corrected chi connectivity index (χ0v) is 14.2. The molecule has 0 aromatic heterocycles. The number of nitrogens with one attached hydrogen (secondary N) is 2. The molecule has 24 heavy (non-hydrogen) atoms. The summed E-state index contributed by atoms with van der Waals surface area (Å²) in [6.45, 7) is 7.27. The topological polar surface area (TPSA) is 132 Å². The molecule has 1 aromatic rings. The van der Waals surface area contributed by atoms with Gasteiger partial charge in [-0.15, -0.1) is 0 Å². The standard InChI is InChI=1S/C15H23N5O4/c1-5-12(18-14(21)24-15(2,3)4)10-7-6-8-11(9-10)17-13(16)19-20(22)23/h6-9,12H,5H2,1-4H3,(H,18,21)(H3,16,17,19). The van der Waals surface area contributed by atoms with Crippen molar-refractivity contribution in [1.29, 1.82) is 0 Å². The summed E-state index contributed by atoms with van der Waals surface area (Å²) < 4.78 is 5.25. The third-order valence-electron chi connectivity index (χ3n) is 2.83. The summed E-state index contributed by atoms with van der Waals surface area (Å²) in [6.07, 6.45) is 0.118. The van der Waals surface area contributed by atoms with Crippen LogP contribution in [0.4, 0.5) is 10.5 Å². The minimum absolute atomic E-state index is 0.278. The average Bonchev–Trinajstić information content (AvgIpc) is 2.42. The Balaban J connectivity index is 2.89. The minimum atomic E-state index is -0.790. The number of carbonyl (C=O) groups is 1. The molecular formula is C15H23N5O4. The van der Waals surface area contributed by atoms with E-state index in [0.717, 1.165) is 5.56 Å². The van der Waals surface area contributed by atoms with Crippen molar-refractivity contribution in [3.8, 4) is 0 Å². The molecule has 1 aromatic carbocycles. The lowest BCUT2D eigenvalue weighted by atomic mass is 10.0. The Bertz CT molecular complexity index is 625. The highest BCUT2D eigenvalue weighted by molar-refractivity contribution is 5.79. The number of rotatable bonds is 5. The third kappa shape index (κ3) is 6.95. The number of aliphatic imine (C=N–C) groups is 1. The fraction of sp³-hybridized carbons (Fsp3) is 0.467. The van der Waals surface area contributed by atoms with E-state index in [9.17, 15) is 14.9 Å². The zero-order chi connectivity index (χ0) is 18.3. The van der Waals surface area contributed by atoms with Gasteiger partial charge in [0.1, 0.15) is 5.60 Å². The molecule has 1 rings (SSSR count). The number of amides is 1. The summed E-state index contributed by atoms with van der Waals surface area (Å²) >= 11 is 0. The largest absolute Gasteiger partial charge is 0.444 e. The van der Waals surface area contributed by atoms with E-state index in [2.05, 4.69) is 10.3 Å². The highest BCUT2D eigenvalue weighted by Crippen LogP contribution is 2.22. The van der Waals surface area contributed by atoms with Gasteiger partial charge in [-0.25, -0.2) is 19.9 Å². The highest BCUT2D eigenvalue weighted by Gasteiger charge is 2.19. The van der Waals surface area contributed by atoms with Gasteiger partial charge in [-0.1, -0.05) is 24.5 Å². The molecule has 0 saturated heterocycles. The molecule has 4 N–H and O–H groups in total. The van der Waals surface area contributed by atoms with Crippen LogP contribution < -0.4 is 16.5 Å². The van der Waals surface area contributed by atoms with Gasteiger partial charge in [0, 0.05) is 0 Å². The Morgan fingerprint density at radius 2 is 2.12 bits per heavy atom. The first-order valence-corrected chi connectivity index (χ1v) is 7.45. The maximum absolute atomic E-state index is 11.9.